The molecule has 1 heterocycles. The maximum Gasteiger partial charge on any atom is 0.416 e. The van der Waals surface area contributed by atoms with Crippen molar-refractivity contribution in [3.63, 3.8) is 0 Å². The summed E-state index contributed by atoms with van der Waals surface area (Å²) in [4.78, 5) is 26.0. The molecule has 29 heavy (non-hydrogen) atoms. The number of rotatable bonds is 4. The van der Waals surface area contributed by atoms with Gasteiger partial charge in [0, 0.05) is 38.3 Å². The molecule has 0 atom stereocenters. The van der Waals surface area contributed by atoms with Gasteiger partial charge in [0.05, 0.1) is 10.5 Å². The van der Waals surface area contributed by atoms with E-state index in [0.29, 0.717) is 19.2 Å². The minimum Gasteiger partial charge on any atom is -0.362 e. The molecule has 0 saturated carbocycles. The lowest BCUT2D eigenvalue weighted by Gasteiger charge is -2.35. The van der Waals surface area contributed by atoms with Crippen LogP contribution in [0.4, 0.5) is 24.5 Å². The highest BCUT2D eigenvalue weighted by atomic mass is 19.4. The Labute approximate surface area is 165 Å². The molecule has 1 aliphatic rings. The van der Waals surface area contributed by atoms with Gasteiger partial charge in [-0.1, -0.05) is 30.3 Å². The summed E-state index contributed by atoms with van der Waals surface area (Å²) in [5.41, 5.74) is -0.647. The average Bonchev–Trinajstić information content (AvgIpc) is 2.71. The summed E-state index contributed by atoms with van der Waals surface area (Å²) in [7, 11) is 0. The molecule has 0 spiro atoms. The van der Waals surface area contributed by atoms with Crippen molar-refractivity contribution in [1.82, 2.24) is 4.90 Å². The maximum absolute atomic E-state index is 12.9. The number of benzene rings is 2. The van der Waals surface area contributed by atoms with Crippen LogP contribution >= 0.6 is 0 Å². The number of carbonyl (C=O) groups excluding carboxylic acids is 1. The maximum atomic E-state index is 12.9. The minimum atomic E-state index is -4.65. The number of alkyl halides is 3. The van der Waals surface area contributed by atoms with E-state index < -0.39 is 22.4 Å². The third kappa shape index (κ3) is 4.92. The van der Waals surface area contributed by atoms with Gasteiger partial charge in [0.2, 0.25) is 5.91 Å². The molecular weight excluding hydrogens is 387 g/mol. The van der Waals surface area contributed by atoms with E-state index in [1.807, 2.05) is 30.3 Å². The second-order valence-electron chi connectivity index (χ2n) is 6.51. The Balaban J connectivity index is 1.68. The number of carbonyl (C=O) groups is 1. The van der Waals surface area contributed by atoms with E-state index in [2.05, 4.69) is 0 Å². The zero-order chi connectivity index (χ0) is 21.0. The molecular formula is C20H18F3N3O3. The van der Waals surface area contributed by atoms with Gasteiger partial charge in [0.1, 0.15) is 5.69 Å². The van der Waals surface area contributed by atoms with Crippen molar-refractivity contribution in [2.45, 2.75) is 6.18 Å². The first-order valence-electron chi connectivity index (χ1n) is 8.88. The Morgan fingerprint density at radius 2 is 1.69 bits per heavy atom. The quantitative estimate of drug-likeness (QED) is 0.439. The first kappa shape index (κ1) is 20.4. The van der Waals surface area contributed by atoms with Crippen molar-refractivity contribution in [3.8, 4) is 0 Å². The van der Waals surface area contributed by atoms with Crippen molar-refractivity contribution < 1.29 is 22.9 Å². The van der Waals surface area contributed by atoms with Gasteiger partial charge in [-0.25, -0.2) is 0 Å². The number of hydrogen-bond donors (Lipinski definition) is 0. The van der Waals surface area contributed by atoms with E-state index in [1.165, 1.54) is 6.08 Å². The second-order valence-corrected chi connectivity index (χ2v) is 6.51. The van der Waals surface area contributed by atoms with Gasteiger partial charge >= 0.3 is 6.18 Å². The largest absolute Gasteiger partial charge is 0.416 e. The zero-order valence-electron chi connectivity index (χ0n) is 15.3. The third-order valence-corrected chi connectivity index (χ3v) is 4.65. The third-order valence-electron chi connectivity index (χ3n) is 4.65. The predicted octanol–water partition coefficient (Wildman–Crippen LogP) is 3.98. The molecule has 152 valence electrons. The van der Waals surface area contributed by atoms with Crippen molar-refractivity contribution in [3.05, 3.63) is 75.8 Å². The van der Waals surface area contributed by atoms with Crippen LogP contribution in [0.15, 0.2) is 54.6 Å². The monoisotopic (exact) mass is 405 g/mol. The Hall–Kier alpha value is -3.36. The van der Waals surface area contributed by atoms with Crippen molar-refractivity contribution in [2.24, 2.45) is 0 Å². The highest BCUT2D eigenvalue weighted by Gasteiger charge is 2.34. The van der Waals surface area contributed by atoms with Gasteiger partial charge in [0.15, 0.2) is 0 Å². The summed E-state index contributed by atoms with van der Waals surface area (Å²) in [5.74, 6) is -0.185. The molecule has 0 aromatic heterocycles. The van der Waals surface area contributed by atoms with Crippen LogP contribution in [0.25, 0.3) is 6.08 Å². The molecule has 2 aromatic carbocycles. The average molecular weight is 405 g/mol. The zero-order valence-corrected chi connectivity index (χ0v) is 15.3. The van der Waals surface area contributed by atoms with Crippen LogP contribution in [-0.4, -0.2) is 41.9 Å². The van der Waals surface area contributed by atoms with E-state index in [9.17, 15) is 28.1 Å². The first-order valence-corrected chi connectivity index (χ1v) is 8.88. The van der Waals surface area contributed by atoms with Crippen molar-refractivity contribution in [2.75, 3.05) is 31.1 Å². The fourth-order valence-corrected chi connectivity index (χ4v) is 3.12. The van der Waals surface area contributed by atoms with Crippen LogP contribution in [0.3, 0.4) is 0 Å². The molecule has 0 unspecified atom stereocenters. The summed E-state index contributed by atoms with van der Waals surface area (Å²) in [6.45, 7) is 1.21. The minimum absolute atomic E-state index is 0.120. The summed E-state index contributed by atoms with van der Waals surface area (Å²) in [5, 5.41) is 11.3. The lowest BCUT2D eigenvalue weighted by molar-refractivity contribution is -0.384. The Bertz CT molecular complexity index is 922. The van der Waals surface area contributed by atoms with Gasteiger partial charge in [-0.15, -0.1) is 0 Å². The van der Waals surface area contributed by atoms with Crippen LogP contribution < -0.4 is 4.90 Å². The van der Waals surface area contributed by atoms with Crippen LogP contribution in [0.2, 0.25) is 0 Å². The molecule has 1 fully saturated rings. The van der Waals surface area contributed by atoms with Gasteiger partial charge in [-0.05, 0) is 23.8 Å². The number of anilines is 1. The topological polar surface area (TPSA) is 66.7 Å². The predicted molar refractivity (Wildman–Crippen MR) is 102 cm³/mol. The van der Waals surface area contributed by atoms with Gasteiger partial charge in [-0.2, -0.15) is 13.2 Å². The molecule has 1 aliphatic heterocycles. The van der Waals surface area contributed by atoms with E-state index in [1.54, 1.807) is 15.9 Å². The highest BCUT2D eigenvalue weighted by Crippen LogP contribution is 2.36. The number of halogens is 3. The summed E-state index contributed by atoms with van der Waals surface area (Å²) >= 11 is 0. The second kappa shape index (κ2) is 8.34. The molecule has 0 N–H and O–H groups in total. The molecule has 1 amide bonds. The number of amides is 1. The van der Waals surface area contributed by atoms with Crippen molar-refractivity contribution in [1.29, 1.82) is 0 Å². The SMILES string of the molecule is O=C(/C=C/c1ccccc1)N1CCN(c2ccc(C(F)(F)F)cc2[N+](=O)[O-])CC1. The standard InChI is InChI=1S/C20H18F3N3O3/c21-20(22,23)16-7-8-17(18(14-16)26(28)29)24-10-12-25(13-11-24)19(27)9-6-15-4-2-1-3-5-15/h1-9,14H,10-13H2/b9-6+. The van der Waals surface area contributed by atoms with E-state index >= 15 is 0 Å². The molecule has 2 aromatic rings. The number of nitrogens with zero attached hydrogens (tertiary/aromatic N) is 3. The van der Waals surface area contributed by atoms with E-state index in [4.69, 9.17) is 0 Å². The number of nitro benzene ring substituents is 1. The molecule has 3 rings (SSSR count). The highest BCUT2D eigenvalue weighted by molar-refractivity contribution is 5.92. The molecule has 0 aliphatic carbocycles. The summed E-state index contributed by atoms with van der Waals surface area (Å²) in [6, 6.07) is 11.8. The van der Waals surface area contributed by atoms with Crippen LogP contribution in [0.5, 0.6) is 0 Å². The molecule has 9 heteroatoms. The number of nitro groups is 1. The molecule has 0 radical (unpaired) electrons. The summed E-state index contributed by atoms with van der Waals surface area (Å²) < 4.78 is 38.6. The van der Waals surface area contributed by atoms with Gasteiger partial charge in [0.25, 0.3) is 5.69 Å². The first-order chi connectivity index (χ1) is 13.8. The molecule has 0 bridgehead atoms. The molecule has 6 nitrogen and oxygen atoms in total. The number of hydrogen-bond acceptors (Lipinski definition) is 4. The van der Waals surface area contributed by atoms with Crippen LogP contribution in [0, 0.1) is 10.1 Å². The Morgan fingerprint density at radius 1 is 1.03 bits per heavy atom. The fourth-order valence-electron chi connectivity index (χ4n) is 3.12. The smallest absolute Gasteiger partial charge is 0.362 e. The van der Waals surface area contributed by atoms with E-state index in [0.717, 1.165) is 17.7 Å². The lowest BCUT2D eigenvalue weighted by atomic mass is 10.1. The van der Waals surface area contributed by atoms with Crippen LogP contribution in [0.1, 0.15) is 11.1 Å². The van der Waals surface area contributed by atoms with Crippen LogP contribution in [-0.2, 0) is 11.0 Å². The molecule has 1 saturated heterocycles. The van der Waals surface area contributed by atoms with E-state index in [-0.39, 0.29) is 24.7 Å². The summed E-state index contributed by atoms with van der Waals surface area (Å²) in [6.07, 6.45) is -1.49. The van der Waals surface area contributed by atoms with Gasteiger partial charge in [-0.3, -0.25) is 14.9 Å². The van der Waals surface area contributed by atoms with Gasteiger partial charge < -0.3 is 9.80 Å². The van der Waals surface area contributed by atoms with Crippen molar-refractivity contribution >= 4 is 23.4 Å². The Morgan fingerprint density at radius 3 is 2.28 bits per heavy atom. The Kier molecular flexibility index (Phi) is 5.86. The number of piperazine rings is 1. The normalized spacial score (nSPS) is 15.0. The fraction of sp³-hybridized carbons (Fsp3) is 0.250. The lowest BCUT2D eigenvalue weighted by Crippen LogP contribution is -2.48.